The summed E-state index contributed by atoms with van der Waals surface area (Å²) in [5, 5.41) is 10.5. The fraction of sp³-hybridized carbons (Fsp3) is 0.588. The highest BCUT2D eigenvalue weighted by Gasteiger charge is 2.48. The second-order valence-electron chi connectivity index (χ2n) is 6.97. The van der Waals surface area contributed by atoms with E-state index in [1.54, 1.807) is 11.8 Å². The van der Waals surface area contributed by atoms with Crippen molar-refractivity contribution < 1.29 is 9.90 Å². The Hall–Kier alpha value is -1.00. The van der Waals surface area contributed by atoms with Gasteiger partial charge in [0.05, 0.1) is 0 Å². The maximum atomic E-state index is 12.7. The largest absolute Gasteiger partial charge is 0.379 e. The lowest BCUT2D eigenvalue weighted by atomic mass is 9.78. The molecule has 3 nitrogen and oxygen atoms in total. The predicted octanol–water partition coefficient (Wildman–Crippen LogP) is 2.51. The van der Waals surface area contributed by atoms with Gasteiger partial charge in [-0.25, -0.2) is 0 Å². The number of carbonyl (C=O) groups excluding carboxylic acids is 1. The van der Waals surface area contributed by atoms with Gasteiger partial charge >= 0.3 is 0 Å². The molecule has 2 fully saturated rings. The summed E-state index contributed by atoms with van der Waals surface area (Å²) in [5.41, 5.74) is 0.191. The van der Waals surface area contributed by atoms with Crippen molar-refractivity contribution in [2.75, 3.05) is 24.6 Å². The van der Waals surface area contributed by atoms with Crippen LogP contribution >= 0.6 is 11.8 Å². The van der Waals surface area contributed by atoms with Crippen LogP contribution in [0.2, 0.25) is 0 Å². The molecule has 2 saturated heterocycles. The number of benzene rings is 1. The average molecular weight is 305 g/mol. The zero-order chi connectivity index (χ0) is 15.1. The summed E-state index contributed by atoms with van der Waals surface area (Å²) in [6.45, 7) is 5.86. The summed E-state index contributed by atoms with van der Waals surface area (Å²) >= 11 is 1.67. The Morgan fingerprint density at radius 1 is 1.33 bits per heavy atom. The molecule has 0 saturated carbocycles. The number of thioether (sulfide) groups is 1. The van der Waals surface area contributed by atoms with E-state index in [0.717, 1.165) is 12.3 Å². The second-order valence-corrected chi connectivity index (χ2v) is 8.08. The Kier molecular flexibility index (Phi) is 3.78. The Bertz CT molecular complexity index is 523. The molecule has 1 N–H and O–H groups in total. The van der Waals surface area contributed by atoms with Crippen LogP contribution in [0.4, 0.5) is 0 Å². The molecule has 2 atom stereocenters. The summed E-state index contributed by atoms with van der Waals surface area (Å²) in [7, 11) is 0. The van der Waals surface area contributed by atoms with Crippen LogP contribution in [0.15, 0.2) is 30.3 Å². The maximum absolute atomic E-state index is 12.7. The van der Waals surface area contributed by atoms with Crippen molar-refractivity contribution in [1.29, 1.82) is 0 Å². The molecule has 0 spiro atoms. The van der Waals surface area contributed by atoms with E-state index in [0.29, 0.717) is 24.6 Å². The summed E-state index contributed by atoms with van der Waals surface area (Å²) in [4.78, 5) is 14.6. The van der Waals surface area contributed by atoms with Gasteiger partial charge in [-0.05, 0) is 23.2 Å². The van der Waals surface area contributed by atoms with Crippen LogP contribution in [-0.2, 0) is 4.79 Å². The number of rotatable bonds is 2. The van der Waals surface area contributed by atoms with Gasteiger partial charge in [0.15, 0.2) is 5.60 Å². The van der Waals surface area contributed by atoms with Gasteiger partial charge < -0.3 is 10.0 Å². The lowest BCUT2D eigenvalue weighted by Gasteiger charge is -2.28. The van der Waals surface area contributed by atoms with Crippen molar-refractivity contribution in [1.82, 2.24) is 4.90 Å². The molecule has 3 rings (SSSR count). The summed E-state index contributed by atoms with van der Waals surface area (Å²) < 4.78 is 0. The standard InChI is InChI=1S/C17H23NO2S/c1-16(2)11-18(15(19)17(20)8-9-21-12-17)10-14(16)13-6-4-3-5-7-13/h3-7,14,20H,8-12H2,1-2H3. The van der Waals surface area contributed by atoms with E-state index >= 15 is 0 Å². The van der Waals surface area contributed by atoms with Crippen LogP contribution in [0.3, 0.4) is 0 Å². The molecule has 2 aliphatic heterocycles. The topological polar surface area (TPSA) is 40.5 Å². The normalized spacial score (nSPS) is 31.6. The minimum Gasteiger partial charge on any atom is -0.379 e. The van der Waals surface area contributed by atoms with Crippen LogP contribution in [0.25, 0.3) is 0 Å². The molecule has 2 heterocycles. The summed E-state index contributed by atoms with van der Waals surface area (Å²) in [6.07, 6.45) is 0.587. The molecule has 0 aromatic heterocycles. The lowest BCUT2D eigenvalue weighted by molar-refractivity contribution is -0.147. The molecule has 1 amide bonds. The zero-order valence-corrected chi connectivity index (χ0v) is 13.5. The average Bonchev–Trinajstić information content (AvgIpc) is 3.03. The first kappa shape index (κ1) is 14.9. The van der Waals surface area contributed by atoms with Crippen LogP contribution in [0.5, 0.6) is 0 Å². The molecular weight excluding hydrogens is 282 g/mol. The van der Waals surface area contributed by atoms with Crippen LogP contribution in [0.1, 0.15) is 31.7 Å². The van der Waals surface area contributed by atoms with E-state index in [-0.39, 0.29) is 11.3 Å². The number of hydrogen-bond donors (Lipinski definition) is 1. The molecular formula is C17H23NO2S. The number of amides is 1. The van der Waals surface area contributed by atoms with Crippen molar-refractivity contribution in [3.8, 4) is 0 Å². The molecule has 0 bridgehead atoms. The molecule has 2 unspecified atom stereocenters. The molecule has 1 aromatic rings. The van der Waals surface area contributed by atoms with Gasteiger partial charge in [-0.15, -0.1) is 0 Å². The molecule has 114 valence electrons. The van der Waals surface area contributed by atoms with Gasteiger partial charge in [-0.1, -0.05) is 44.2 Å². The van der Waals surface area contributed by atoms with E-state index < -0.39 is 5.60 Å². The predicted molar refractivity (Wildman–Crippen MR) is 86.4 cm³/mol. The highest BCUT2D eigenvalue weighted by molar-refractivity contribution is 7.99. The molecule has 4 heteroatoms. The number of aliphatic hydroxyl groups is 1. The fourth-order valence-electron chi connectivity index (χ4n) is 3.55. The molecule has 0 aliphatic carbocycles. The van der Waals surface area contributed by atoms with Gasteiger partial charge in [-0.3, -0.25) is 4.79 Å². The van der Waals surface area contributed by atoms with Gasteiger partial charge in [0, 0.05) is 24.8 Å². The van der Waals surface area contributed by atoms with Crippen molar-refractivity contribution >= 4 is 17.7 Å². The zero-order valence-electron chi connectivity index (χ0n) is 12.7. The summed E-state index contributed by atoms with van der Waals surface area (Å²) in [5.74, 6) is 1.68. The van der Waals surface area contributed by atoms with Gasteiger partial charge in [0.1, 0.15) is 0 Å². The number of hydrogen-bond acceptors (Lipinski definition) is 3. The monoisotopic (exact) mass is 305 g/mol. The van der Waals surface area contributed by atoms with Crippen LogP contribution < -0.4 is 0 Å². The number of nitrogens with zero attached hydrogens (tertiary/aromatic N) is 1. The van der Waals surface area contributed by atoms with Crippen molar-refractivity contribution in [3.63, 3.8) is 0 Å². The van der Waals surface area contributed by atoms with Gasteiger partial charge in [0.2, 0.25) is 0 Å². The smallest absolute Gasteiger partial charge is 0.255 e. The van der Waals surface area contributed by atoms with E-state index in [1.165, 1.54) is 5.56 Å². The van der Waals surface area contributed by atoms with Crippen molar-refractivity contribution in [2.24, 2.45) is 5.41 Å². The molecule has 1 aromatic carbocycles. The minimum absolute atomic E-state index is 0.0408. The molecule has 0 radical (unpaired) electrons. The first-order valence-electron chi connectivity index (χ1n) is 7.57. The first-order valence-corrected chi connectivity index (χ1v) is 8.72. The molecule has 2 aliphatic rings. The lowest BCUT2D eigenvalue weighted by Crippen LogP contribution is -2.48. The Balaban J connectivity index is 1.80. The third-order valence-corrected chi connectivity index (χ3v) is 6.01. The fourth-order valence-corrected chi connectivity index (χ4v) is 4.78. The third kappa shape index (κ3) is 2.71. The highest BCUT2D eigenvalue weighted by Crippen LogP contribution is 2.43. The second kappa shape index (κ2) is 5.33. The molecule has 21 heavy (non-hydrogen) atoms. The van der Waals surface area contributed by atoms with E-state index in [1.807, 2.05) is 11.0 Å². The minimum atomic E-state index is -1.13. The first-order chi connectivity index (χ1) is 9.92. The van der Waals surface area contributed by atoms with Gasteiger partial charge in [-0.2, -0.15) is 11.8 Å². The van der Waals surface area contributed by atoms with E-state index in [2.05, 4.69) is 38.1 Å². The maximum Gasteiger partial charge on any atom is 0.255 e. The third-order valence-electron chi connectivity index (χ3n) is 4.83. The Morgan fingerprint density at radius 2 is 2.05 bits per heavy atom. The van der Waals surface area contributed by atoms with E-state index in [9.17, 15) is 9.90 Å². The van der Waals surface area contributed by atoms with Gasteiger partial charge in [0.25, 0.3) is 5.91 Å². The Morgan fingerprint density at radius 3 is 2.67 bits per heavy atom. The Labute approximate surface area is 130 Å². The summed E-state index contributed by atoms with van der Waals surface area (Å²) in [6, 6.07) is 10.4. The quantitative estimate of drug-likeness (QED) is 0.913. The highest BCUT2D eigenvalue weighted by atomic mass is 32.2. The van der Waals surface area contributed by atoms with E-state index in [4.69, 9.17) is 0 Å². The van der Waals surface area contributed by atoms with Crippen molar-refractivity contribution in [2.45, 2.75) is 31.8 Å². The number of carbonyl (C=O) groups is 1. The van der Waals surface area contributed by atoms with Crippen LogP contribution in [0, 0.1) is 5.41 Å². The van der Waals surface area contributed by atoms with Crippen molar-refractivity contribution in [3.05, 3.63) is 35.9 Å². The van der Waals surface area contributed by atoms with Crippen LogP contribution in [-0.4, -0.2) is 46.1 Å². The number of likely N-dealkylation sites (tertiary alicyclic amines) is 1. The SMILES string of the molecule is CC1(C)CN(C(=O)C2(O)CCSC2)CC1c1ccccc1.